The summed E-state index contributed by atoms with van der Waals surface area (Å²) in [5, 5.41) is -0.00546. The minimum absolute atomic E-state index is 0.0512. The molecule has 0 aliphatic rings. The van der Waals surface area contributed by atoms with Crippen LogP contribution in [0.5, 0.6) is 0 Å². The Balaban J connectivity index is 3.33. The quantitative estimate of drug-likeness (QED) is 0.563. The number of hydrogen-bond donors (Lipinski definition) is 0. The molecule has 1 aromatic heterocycles. The largest absolute Gasteiger partial charge is 0.266 e. The highest BCUT2D eigenvalue weighted by molar-refractivity contribution is 14.1. The average Bonchev–Trinajstić information content (AvgIpc) is 1.97. The van der Waals surface area contributed by atoms with E-state index in [1.165, 1.54) is 0 Å². The fraction of sp³-hybridized carbons (Fsp3) is 0.167. The van der Waals surface area contributed by atoms with Crippen molar-refractivity contribution in [3.8, 4) is 0 Å². The predicted octanol–water partition coefficient (Wildman–Crippen LogP) is 3.93. The molecule has 1 rings (SSSR count). The van der Waals surface area contributed by atoms with E-state index in [9.17, 15) is 8.78 Å². The molecule has 0 N–H and O–H groups in total. The van der Waals surface area contributed by atoms with Crippen LogP contribution in [0.2, 0.25) is 10.2 Å². The Morgan fingerprint density at radius 2 is 2.00 bits per heavy atom. The Hall–Kier alpha value is 0.320. The molecule has 0 aliphatic carbocycles. The summed E-state index contributed by atoms with van der Waals surface area (Å²) in [4.78, 5) is 3.61. The monoisotopic (exact) mass is 323 g/mol. The lowest BCUT2D eigenvalue weighted by Crippen LogP contribution is -1.93. The van der Waals surface area contributed by atoms with E-state index in [0.29, 0.717) is 0 Å². The lowest BCUT2D eigenvalue weighted by atomic mass is 10.3. The van der Waals surface area contributed by atoms with E-state index >= 15 is 0 Å². The van der Waals surface area contributed by atoms with Gasteiger partial charge in [-0.2, -0.15) is 0 Å². The van der Waals surface area contributed by atoms with Crippen LogP contribution in [0.15, 0.2) is 6.20 Å². The number of nitrogens with zero attached hydrogens (tertiary/aromatic N) is 1. The van der Waals surface area contributed by atoms with Crippen LogP contribution in [0, 0.1) is 3.57 Å². The van der Waals surface area contributed by atoms with E-state index in [-0.39, 0.29) is 19.3 Å². The van der Waals surface area contributed by atoms with Gasteiger partial charge in [0.1, 0.15) is 5.15 Å². The first-order valence-corrected chi connectivity index (χ1v) is 4.65. The summed E-state index contributed by atoms with van der Waals surface area (Å²) in [7, 11) is 0. The Bertz CT molecular complexity index is 306. The minimum atomic E-state index is -2.62. The van der Waals surface area contributed by atoms with E-state index in [4.69, 9.17) is 23.2 Å². The molecule has 66 valence electrons. The van der Waals surface area contributed by atoms with Gasteiger partial charge in [-0.25, -0.2) is 13.8 Å². The van der Waals surface area contributed by atoms with Crippen molar-refractivity contribution < 1.29 is 8.78 Å². The highest BCUT2D eigenvalue weighted by Gasteiger charge is 2.18. The third-order valence-electron chi connectivity index (χ3n) is 1.18. The summed E-state index contributed by atoms with van der Waals surface area (Å²) in [6, 6.07) is 0. The highest BCUT2D eigenvalue weighted by Crippen LogP contribution is 2.33. The summed E-state index contributed by atoms with van der Waals surface area (Å²) in [6.07, 6.45) is -1.50. The van der Waals surface area contributed by atoms with Crippen molar-refractivity contribution >= 4 is 45.8 Å². The number of aromatic nitrogens is 1. The van der Waals surface area contributed by atoms with Gasteiger partial charge in [0.25, 0.3) is 6.43 Å². The second kappa shape index (κ2) is 4.02. The van der Waals surface area contributed by atoms with E-state index in [1.54, 1.807) is 22.6 Å². The van der Waals surface area contributed by atoms with Gasteiger partial charge in [0.2, 0.25) is 0 Å². The lowest BCUT2D eigenvalue weighted by molar-refractivity contribution is 0.150. The van der Waals surface area contributed by atoms with Crippen LogP contribution < -0.4 is 0 Å². The number of hydrogen-bond acceptors (Lipinski definition) is 1. The highest BCUT2D eigenvalue weighted by atomic mass is 127. The van der Waals surface area contributed by atoms with Crippen LogP contribution in [0.1, 0.15) is 12.0 Å². The molecule has 1 nitrogen and oxygen atoms in total. The molecule has 12 heavy (non-hydrogen) atoms. The van der Waals surface area contributed by atoms with Crippen LogP contribution in [0.3, 0.4) is 0 Å². The maximum Gasteiger partial charge on any atom is 0.266 e. The maximum absolute atomic E-state index is 12.3. The SMILES string of the molecule is FC(F)c1c(Cl)cnc(Cl)c1I. The van der Waals surface area contributed by atoms with Crippen molar-refractivity contribution in [3.63, 3.8) is 0 Å². The zero-order valence-electron chi connectivity index (χ0n) is 5.49. The summed E-state index contributed by atoms with van der Waals surface area (Å²) in [5.74, 6) is 0. The molecule has 0 radical (unpaired) electrons. The second-order valence-corrected chi connectivity index (χ2v) is 3.77. The summed E-state index contributed by atoms with van der Waals surface area (Å²) in [6.45, 7) is 0. The van der Waals surface area contributed by atoms with Crippen molar-refractivity contribution in [2.45, 2.75) is 6.43 Å². The molecule has 0 aromatic carbocycles. The lowest BCUT2D eigenvalue weighted by Gasteiger charge is -2.05. The van der Waals surface area contributed by atoms with Crippen molar-refractivity contribution in [3.05, 3.63) is 25.5 Å². The molecule has 0 amide bonds. The van der Waals surface area contributed by atoms with Crippen LogP contribution in [-0.2, 0) is 0 Å². The maximum atomic E-state index is 12.3. The van der Waals surface area contributed by atoms with Crippen molar-refractivity contribution in [2.24, 2.45) is 0 Å². The molecule has 0 saturated heterocycles. The molecule has 0 saturated carbocycles. The standard InChI is InChI=1S/C6H2Cl2F2IN/c7-2-1-12-5(8)4(11)3(2)6(9)10/h1,6H. The number of alkyl halides is 2. The van der Waals surface area contributed by atoms with Crippen LogP contribution in [-0.4, -0.2) is 4.98 Å². The van der Waals surface area contributed by atoms with Gasteiger partial charge in [-0.05, 0) is 22.6 Å². The first kappa shape index (κ1) is 10.4. The van der Waals surface area contributed by atoms with Crippen molar-refractivity contribution in [1.29, 1.82) is 0 Å². The second-order valence-electron chi connectivity index (χ2n) is 1.93. The normalized spacial score (nSPS) is 10.8. The topological polar surface area (TPSA) is 12.9 Å². The van der Waals surface area contributed by atoms with E-state index in [0.717, 1.165) is 6.20 Å². The van der Waals surface area contributed by atoms with Crippen LogP contribution >= 0.6 is 45.8 Å². The van der Waals surface area contributed by atoms with Crippen molar-refractivity contribution in [1.82, 2.24) is 4.98 Å². The molecule has 1 aromatic rings. The third-order valence-corrected chi connectivity index (χ3v) is 3.18. The summed E-state index contributed by atoms with van der Waals surface area (Å²) < 4.78 is 24.8. The van der Waals surface area contributed by atoms with Gasteiger partial charge in [0.15, 0.2) is 0 Å². The third kappa shape index (κ3) is 1.97. The Morgan fingerprint density at radius 3 is 2.42 bits per heavy atom. The summed E-state index contributed by atoms with van der Waals surface area (Å²) in [5.41, 5.74) is -0.253. The van der Waals surface area contributed by atoms with Gasteiger partial charge < -0.3 is 0 Å². The number of rotatable bonds is 1. The molecule has 0 aliphatic heterocycles. The molecule has 0 atom stereocenters. The fourth-order valence-electron chi connectivity index (χ4n) is 0.656. The number of pyridine rings is 1. The van der Waals surface area contributed by atoms with Gasteiger partial charge >= 0.3 is 0 Å². The molecule has 1 heterocycles. The molecule has 0 spiro atoms. The van der Waals surface area contributed by atoms with E-state index in [1.807, 2.05) is 0 Å². The number of halogens is 5. The van der Waals surface area contributed by atoms with Crippen LogP contribution in [0.25, 0.3) is 0 Å². The van der Waals surface area contributed by atoms with E-state index in [2.05, 4.69) is 4.98 Å². The zero-order valence-corrected chi connectivity index (χ0v) is 9.16. The molecular formula is C6H2Cl2F2IN. The van der Waals surface area contributed by atoms with Gasteiger partial charge in [0, 0.05) is 6.20 Å². The Kier molecular flexibility index (Phi) is 3.48. The average molecular weight is 324 g/mol. The van der Waals surface area contributed by atoms with Gasteiger partial charge in [-0.3, -0.25) is 0 Å². The van der Waals surface area contributed by atoms with Gasteiger partial charge in [0.05, 0.1) is 14.2 Å². The van der Waals surface area contributed by atoms with Gasteiger partial charge in [-0.15, -0.1) is 0 Å². The van der Waals surface area contributed by atoms with E-state index < -0.39 is 6.43 Å². The smallest absolute Gasteiger partial charge is 0.242 e. The first-order chi connectivity index (χ1) is 5.54. The molecular weight excluding hydrogens is 322 g/mol. The first-order valence-electron chi connectivity index (χ1n) is 2.81. The minimum Gasteiger partial charge on any atom is -0.242 e. The van der Waals surface area contributed by atoms with Gasteiger partial charge in [-0.1, -0.05) is 23.2 Å². The zero-order chi connectivity index (χ0) is 9.30. The Labute approximate surface area is 91.2 Å². The Morgan fingerprint density at radius 1 is 1.42 bits per heavy atom. The van der Waals surface area contributed by atoms with Crippen LogP contribution in [0.4, 0.5) is 8.78 Å². The molecule has 6 heteroatoms. The van der Waals surface area contributed by atoms with Crippen molar-refractivity contribution in [2.75, 3.05) is 0 Å². The fourth-order valence-corrected chi connectivity index (χ4v) is 1.86. The molecule has 0 unspecified atom stereocenters. The predicted molar refractivity (Wildman–Crippen MR) is 51.9 cm³/mol. The summed E-state index contributed by atoms with van der Waals surface area (Å²) >= 11 is 12.7. The molecule has 0 fully saturated rings. The molecule has 0 bridgehead atoms.